The Morgan fingerprint density at radius 2 is 1.96 bits per heavy atom. The molecule has 1 aliphatic rings. The van der Waals surface area contributed by atoms with E-state index in [-0.39, 0.29) is 28.8 Å². The Labute approximate surface area is 151 Å². The van der Waals surface area contributed by atoms with Crippen molar-refractivity contribution in [3.8, 4) is 12.1 Å². The highest BCUT2D eigenvalue weighted by Crippen LogP contribution is 2.18. The number of sulfonamides is 1. The van der Waals surface area contributed by atoms with Crippen molar-refractivity contribution in [2.75, 3.05) is 25.1 Å². The molecule has 1 saturated heterocycles. The zero-order valence-electron chi connectivity index (χ0n) is 14.2. The van der Waals surface area contributed by atoms with Crippen LogP contribution >= 0.6 is 0 Å². The Morgan fingerprint density at radius 3 is 2.65 bits per heavy atom. The van der Waals surface area contributed by atoms with E-state index in [9.17, 15) is 8.42 Å². The minimum Gasteiger partial charge on any atom is -0.467 e. The van der Waals surface area contributed by atoms with E-state index < -0.39 is 10.0 Å². The van der Waals surface area contributed by atoms with Crippen molar-refractivity contribution < 1.29 is 13.2 Å². The fraction of sp³-hybridized carbons (Fsp3) is 0.375. The SMILES string of the molecule is COc1nc(CNS(=O)(=O)c2ccccc2C#N)nc(N2CCCC2)n1. The largest absolute Gasteiger partial charge is 0.467 e. The van der Waals surface area contributed by atoms with Gasteiger partial charge >= 0.3 is 6.01 Å². The molecule has 136 valence electrons. The molecule has 0 unspecified atom stereocenters. The second kappa shape index (κ2) is 7.63. The van der Waals surface area contributed by atoms with Gasteiger partial charge in [0.1, 0.15) is 6.07 Å². The summed E-state index contributed by atoms with van der Waals surface area (Å²) in [6.45, 7) is 1.55. The van der Waals surface area contributed by atoms with Gasteiger partial charge in [0.15, 0.2) is 5.82 Å². The summed E-state index contributed by atoms with van der Waals surface area (Å²) in [4.78, 5) is 14.6. The fourth-order valence-electron chi connectivity index (χ4n) is 2.65. The highest BCUT2D eigenvalue weighted by molar-refractivity contribution is 7.89. The van der Waals surface area contributed by atoms with E-state index in [4.69, 9.17) is 10.00 Å². The molecule has 0 amide bonds. The number of nitriles is 1. The lowest BCUT2D eigenvalue weighted by Crippen LogP contribution is -2.27. The highest BCUT2D eigenvalue weighted by atomic mass is 32.2. The van der Waals surface area contributed by atoms with Crippen LogP contribution in [0.15, 0.2) is 29.2 Å². The van der Waals surface area contributed by atoms with Crippen LogP contribution in [0.1, 0.15) is 24.2 Å². The molecule has 0 radical (unpaired) electrons. The van der Waals surface area contributed by atoms with Crippen LogP contribution in [0.2, 0.25) is 0 Å². The van der Waals surface area contributed by atoms with E-state index in [1.807, 2.05) is 11.0 Å². The zero-order chi connectivity index (χ0) is 18.6. The molecule has 0 atom stereocenters. The van der Waals surface area contributed by atoms with Crippen molar-refractivity contribution in [1.82, 2.24) is 19.7 Å². The first-order chi connectivity index (χ1) is 12.5. The summed E-state index contributed by atoms with van der Waals surface area (Å²) in [6, 6.07) is 8.01. The second-order valence-electron chi connectivity index (χ2n) is 5.67. The monoisotopic (exact) mass is 374 g/mol. The van der Waals surface area contributed by atoms with Gasteiger partial charge in [-0.1, -0.05) is 12.1 Å². The molecule has 1 aromatic heterocycles. The molecule has 3 rings (SSSR count). The van der Waals surface area contributed by atoms with Crippen molar-refractivity contribution in [3.63, 3.8) is 0 Å². The molecule has 1 fully saturated rings. The number of nitrogens with zero attached hydrogens (tertiary/aromatic N) is 5. The number of rotatable bonds is 6. The number of anilines is 1. The Balaban J connectivity index is 1.82. The van der Waals surface area contributed by atoms with E-state index in [0.29, 0.717) is 5.95 Å². The molecule has 10 heteroatoms. The fourth-order valence-corrected chi connectivity index (χ4v) is 3.78. The lowest BCUT2D eigenvalue weighted by Gasteiger charge is -2.16. The van der Waals surface area contributed by atoms with Crippen LogP contribution in [-0.4, -0.2) is 43.6 Å². The summed E-state index contributed by atoms with van der Waals surface area (Å²) in [5.74, 6) is 0.720. The maximum absolute atomic E-state index is 12.5. The minimum absolute atomic E-state index is 0.0750. The minimum atomic E-state index is -3.88. The first-order valence-electron chi connectivity index (χ1n) is 8.06. The summed E-state index contributed by atoms with van der Waals surface area (Å²) in [6.07, 6.45) is 2.11. The third-order valence-corrected chi connectivity index (χ3v) is 5.40. The van der Waals surface area contributed by atoms with Crippen molar-refractivity contribution >= 4 is 16.0 Å². The average Bonchev–Trinajstić information content (AvgIpc) is 3.21. The number of methoxy groups -OCH3 is 1. The summed E-state index contributed by atoms with van der Waals surface area (Å²) in [7, 11) is -2.44. The second-order valence-corrected chi connectivity index (χ2v) is 7.40. The molecule has 2 aromatic rings. The Kier molecular flexibility index (Phi) is 5.29. The van der Waals surface area contributed by atoms with E-state index in [1.165, 1.54) is 19.2 Å². The first-order valence-corrected chi connectivity index (χ1v) is 9.54. The summed E-state index contributed by atoms with van der Waals surface area (Å²) >= 11 is 0. The molecule has 0 aliphatic carbocycles. The van der Waals surface area contributed by atoms with Gasteiger partial charge in [-0.15, -0.1) is 0 Å². The Morgan fingerprint density at radius 1 is 1.23 bits per heavy atom. The molecule has 9 nitrogen and oxygen atoms in total. The Hall–Kier alpha value is -2.77. The standard InChI is InChI=1S/C16H18N6O3S/c1-25-16-20-14(19-15(21-16)22-8-4-5-9-22)11-18-26(23,24)13-7-3-2-6-12(13)10-17/h2-3,6-7,18H,4-5,8-9,11H2,1H3. The van der Waals surface area contributed by atoms with Gasteiger partial charge in [0.05, 0.1) is 24.1 Å². The maximum Gasteiger partial charge on any atom is 0.321 e. The molecule has 1 aliphatic heterocycles. The van der Waals surface area contributed by atoms with E-state index in [2.05, 4.69) is 19.7 Å². The lowest BCUT2D eigenvalue weighted by molar-refractivity contribution is 0.375. The van der Waals surface area contributed by atoms with E-state index in [0.717, 1.165) is 25.9 Å². The number of benzene rings is 1. The zero-order valence-corrected chi connectivity index (χ0v) is 15.0. The molecule has 1 N–H and O–H groups in total. The van der Waals surface area contributed by atoms with Gasteiger partial charge in [0, 0.05) is 13.1 Å². The van der Waals surface area contributed by atoms with Crippen LogP contribution in [-0.2, 0) is 16.6 Å². The number of nitrogens with one attached hydrogen (secondary N) is 1. The van der Waals surface area contributed by atoms with Crippen LogP contribution in [0.5, 0.6) is 6.01 Å². The molecular weight excluding hydrogens is 356 g/mol. The summed E-state index contributed by atoms with van der Waals surface area (Å²) in [5.41, 5.74) is 0.0750. The number of aromatic nitrogens is 3. The van der Waals surface area contributed by atoms with Gasteiger partial charge in [-0.25, -0.2) is 13.1 Å². The first kappa shape index (κ1) is 18.0. The van der Waals surface area contributed by atoms with Gasteiger partial charge in [-0.3, -0.25) is 0 Å². The number of hydrogen-bond donors (Lipinski definition) is 1. The van der Waals surface area contributed by atoms with Crippen LogP contribution in [0.25, 0.3) is 0 Å². The average molecular weight is 374 g/mol. The van der Waals surface area contributed by atoms with Crippen molar-refractivity contribution in [2.45, 2.75) is 24.3 Å². The summed E-state index contributed by atoms with van der Waals surface area (Å²) < 4.78 is 32.5. The molecule has 1 aromatic carbocycles. The van der Waals surface area contributed by atoms with Crippen LogP contribution in [0.4, 0.5) is 5.95 Å². The van der Waals surface area contributed by atoms with Gasteiger partial charge in [0.25, 0.3) is 0 Å². The predicted octanol–water partition coefficient (Wildman–Crippen LogP) is 0.831. The van der Waals surface area contributed by atoms with Crippen molar-refractivity contribution in [3.05, 3.63) is 35.7 Å². The van der Waals surface area contributed by atoms with Crippen LogP contribution < -0.4 is 14.4 Å². The molecule has 2 heterocycles. The smallest absolute Gasteiger partial charge is 0.321 e. The normalized spacial score (nSPS) is 14.2. The third kappa shape index (κ3) is 3.89. The highest BCUT2D eigenvalue weighted by Gasteiger charge is 2.21. The number of ether oxygens (including phenoxy) is 1. The molecule has 0 spiro atoms. The van der Waals surface area contributed by atoms with Gasteiger partial charge in [-0.2, -0.15) is 20.2 Å². The van der Waals surface area contributed by atoms with Gasteiger partial charge in [0.2, 0.25) is 16.0 Å². The third-order valence-electron chi connectivity index (χ3n) is 3.94. The molecule has 26 heavy (non-hydrogen) atoms. The van der Waals surface area contributed by atoms with E-state index >= 15 is 0 Å². The Bertz CT molecular complexity index is 935. The van der Waals surface area contributed by atoms with Crippen LogP contribution in [0, 0.1) is 11.3 Å². The predicted molar refractivity (Wildman–Crippen MR) is 93.0 cm³/mol. The van der Waals surface area contributed by atoms with Crippen molar-refractivity contribution in [2.24, 2.45) is 0 Å². The quantitative estimate of drug-likeness (QED) is 0.789. The van der Waals surface area contributed by atoms with Gasteiger partial charge in [-0.05, 0) is 25.0 Å². The van der Waals surface area contributed by atoms with Crippen molar-refractivity contribution in [1.29, 1.82) is 5.26 Å². The summed E-state index contributed by atoms with van der Waals surface area (Å²) in [5, 5.41) is 9.10. The molecule has 0 bridgehead atoms. The molecular formula is C16H18N6O3S. The maximum atomic E-state index is 12.5. The molecule has 0 saturated carbocycles. The van der Waals surface area contributed by atoms with Crippen LogP contribution in [0.3, 0.4) is 0 Å². The topological polar surface area (TPSA) is 121 Å². The lowest BCUT2D eigenvalue weighted by atomic mass is 10.2. The van der Waals surface area contributed by atoms with Gasteiger partial charge < -0.3 is 9.64 Å². The number of hydrogen-bond acceptors (Lipinski definition) is 8. The van der Waals surface area contributed by atoms with E-state index in [1.54, 1.807) is 12.1 Å².